The number of aliphatic carboxylic acids is 1. The number of carboxylic acids is 1. The van der Waals surface area contributed by atoms with E-state index in [-0.39, 0.29) is 12.5 Å². The van der Waals surface area contributed by atoms with Crippen LogP contribution in [0.25, 0.3) is 0 Å². The summed E-state index contributed by atoms with van der Waals surface area (Å²) < 4.78 is 0. The predicted octanol–water partition coefficient (Wildman–Crippen LogP) is 3.38. The number of carboxylic acid groups (broad SMARTS) is 1. The average Bonchev–Trinajstić information content (AvgIpc) is 3.32. The van der Waals surface area contributed by atoms with Crippen LogP contribution in [0.3, 0.4) is 0 Å². The number of hydrogen-bond acceptors (Lipinski definition) is 6. The molecule has 1 N–H and O–H groups in total. The topological polar surface area (TPSA) is 85.6 Å². The number of carbonyl (C=O) groups excluding carboxylic acids is 1. The van der Waals surface area contributed by atoms with Gasteiger partial charge in [0, 0.05) is 26.2 Å². The van der Waals surface area contributed by atoms with Gasteiger partial charge >= 0.3 is 5.97 Å². The van der Waals surface area contributed by atoms with Crippen LogP contribution in [0, 0.1) is 0 Å². The Bertz CT molecular complexity index is 1020. The quantitative estimate of drug-likeness (QED) is 0.795. The van der Waals surface area contributed by atoms with Crippen molar-refractivity contribution >= 4 is 40.2 Å². The van der Waals surface area contributed by atoms with Crippen molar-refractivity contribution in [3.05, 3.63) is 65.7 Å². The van der Waals surface area contributed by atoms with Gasteiger partial charge in [-0.1, -0.05) is 54.2 Å². The number of amidine groups is 1. The summed E-state index contributed by atoms with van der Waals surface area (Å²) in [6, 6.07) is 18.0. The number of nitrogens with zero attached hydrogens (tertiary/aromatic N) is 4. The summed E-state index contributed by atoms with van der Waals surface area (Å²) in [6.45, 7) is 0. The zero-order valence-corrected chi connectivity index (χ0v) is 17.5. The highest BCUT2D eigenvalue weighted by atomic mass is 32.2. The fourth-order valence-electron chi connectivity index (χ4n) is 3.51. The number of hydrazone groups is 1. The van der Waals surface area contributed by atoms with Gasteiger partial charge in [0.05, 0.1) is 18.2 Å². The molecular formula is C22H22N4O3S. The summed E-state index contributed by atoms with van der Waals surface area (Å²) in [7, 11) is 3.98. The summed E-state index contributed by atoms with van der Waals surface area (Å²) in [4.78, 5) is 29.5. The molecule has 154 valence electrons. The number of rotatable bonds is 5. The maximum absolute atomic E-state index is 12.2. The van der Waals surface area contributed by atoms with Gasteiger partial charge < -0.3 is 10.0 Å². The van der Waals surface area contributed by atoms with Gasteiger partial charge in [0.15, 0.2) is 5.17 Å². The van der Waals surface area contributed by atoms with Gasteiger partial charge in [-0.15, -0.1) is 0 Å². The third-order valence-electron chi connectivity index (χ3n) is 5.10. The minimum absolute atomic E-state index is 0.112. The minimum Gasteiger partial charge on any atom is -0.481 e. The van der Waals surface area contributed by atoms with Crippen molar-refractivity contribution in [1.82, 2.24) is 5.01 Å². The lowest BCUT2D eigenvalue weighted by Crippen LogP contribution is -2.24. The van der Waals surface area contributed by atoms with E-state index in [9.17, 15) is 9.59 Å². The third kappa shape index (κ3) is 4.09. The molecule has 0 radical (unpaired) electrons. The van der Waals surface area contributed by atoms with Crippen LogP contribution in [-0.4, -0.2) is 52.2 Å². The van der Waals surface area contributed by atoms with Crippen LogP contribution >= 0.6 is 11.8 Å². The van der Waals surface area contributed by atoms with Gasteiger partial charge in [-0.3, -0.25) is 9.59 Å². The molecule has 30 heavy (non-hydrogen) atoms. The summed E-state index contributed by atoms with van der Waals surface area (Å²) in [5.74, 6) is -1.43. The Morgan fingerprint density at radius 2 is 1.87 bits per heavy atom. The average molecular weight is 423 g/mol. The Labute approximate surface area is 179 Å². The predicted molar refractivity (Wildman–Crippen MR) is 119 cm³/mol. The van der Waals surface area contributed by atoms with Crippen molar-refractivity contribution in [2.75, 3.05) is 19.0 Å². The van der Waals surface area contributed by atoms with Crippen molar-refractivity contribution in [3.63, 3.8) is 0 Å². The Hall–Kier alpha value is -3.13. The monoisotopic (exact) mass is 422 g/mol. The van der Waals surface area contributed by atoms with Crippen molar-refractivity contribution in [1.29, 1.82) is 0 Å². The highest BCUT2D eigenvalue weighted by Crippen LogP contribution is 2.38. The molecule has 2 atom stereocenters. The van der Waals surface area contributed by atoms with Gasteiger partial charge in [-0.25, -0.2) is 5.01 Å². The molecule has 0 aromatic heterocycles. The van der Waals surface area contributed by atoms with E-state index < -0.39 is 17.1 Å². The molecule has 2 unspecified atom stereocenters. The molecule has 0 aliphatic carbocycles. The molecule has 1 amide bonds. The largest absolute Gasteiger partial charge is 0.481 e. The van der Waals surface area contributed by atoms with Gasteiger partial charge in [-0.2, -0.15) is 10.1 Å². The zero-order chi connectivity index (χ0) is 21.3. The summed E-state index contributed by atoms with van der Waals surface area (Å²) in [5.41, 5.74) is 4.09. The summed E-state index contributed by atoms with van der Waals surface area (Å²) in [5, 5.41) is 15.4. The Morgan fingerprint density at radius 1 is 1.17 bits per heavy atom. The normalized spacial score (nSPS) is 20.9. The van der Waals surface area contributed by atoms with Crippen molar-refractivity contribution < 1.29 is 14.7 Å². The molecule has 2 aliphatic rings. The molecule has 2 aromatic carbocycles. The molecule has 0 saturated heterocycles. The first kappa shape index (κ1) is 20.2. The van der Waals surface area contributed by atoms with Crippen molar-refractivity contribution in [3.8, 4) is 0 Å². The second-order valence-electron chi connectivity index (χ2n) is 7.40. The first-order valence-electron chi connectivity index (χ1n) is 9.63. The number of benzene rings is 2. The van der Waals surface area contributed by atoms with E-state index in [0.717, 1.165) is 22.5 Å². The fraction of sp³-hybridized carbons (Fsp3) is 0.273. The molecule has 2 heterocycles. The van der Waals surface area contributed by atoms with E-state index in [2.05, 4.69) is 29.3 Å². The Balaban J connectivity index is 1.66. The lowest BCUT2D eigenvalue weighted by atomic mass is 9.98. The molecule has 0 fully saturated rings. The second-order valence-corrected chi connectivity index (χ2v) is 8.57. The fourth-order valence-corrected chi connectivity index (χ4v) is 4.56. The molecule has 8 heteroatoms. The molecule has 2 aliphatic heterocycles. The smallest absolute Gasteiger partial charge is 0.305 e. The third-order valence-corrected chi connectivity index (χ3v) is 6.24. The standard InChI is InChI=1S/C22H22N4O3S/c1-25(2)16-10-8-15(9-11-16)18-12-17(14-6-4-3-5-7-14)24-26(18)22-23-21(29)19(30-22)13-20(27)28/h3-11,18-19H,12-13H2,1-2H3,(H,27,28). The van der Waals surface area contributed by atoms with Crippen molar-refractivity contribution in [2.45, 2.75) is 24.1 Å². The van der Waals surface area contributed by atoms with E-state index in [1.165, 1.54) is 11.8 Å². The number of hydrogen-bond donors (Lipinski definition) is 1. The summed E-state index contributed by atoms with van der Waals surface area (Å²) in [6.07, 6.45) is 0.421. The first-order valence-corrected chi connectivity index (χ1v) is 10.5. The van der Waals surface area contributed by atoms with Crippen LogP contribution in [0.15, 0.2) is 64.7 Å². The van der Waals surface area contributed by atoms with Gasteiger partial charge in [0.1, 0.15) is 5.25 Å². The number of thioether (sulfide) groups is 1. The Kier molecular flexibility index (Phi) is 5.59. The molecular weight excluding hydrogens is 400 g/mol. The van der Waals surface area contributed by atoms with E-state index in [0.29, 0.717) is 11.6 Å². The van der Waals surface area contributed by atoms with Gasteiger partial charge in [0.2, 0.25) is 0 Å². The number of carbonyl (C=O) groups is 2. The van der Waals surface area contributed by atoms with E-state index >= 15 is 0 Å². The van der Waals surface area contributed by atoms with Crippen LogP contribution < -0.4 is 4.90 Å². The first-order chi connectivity index (χ1) is 14.4. The van der Waals surface area contributed by atoms with Crippen LogP contribution in [-0.2, 0) is 9.59 Å². The maximum Gasteiger partial charge on any atom is 0.305 e. The van der Waals surface area contributed by atoms with Crippen LogP contribution in [0.5, 0.6) is 0 Å². The minimum atomic E-state index is -1.01. The molecule has 0 spiro atoms. The molecule has 2 aromatic rings. The number of anilines is 1. The van der Waals surface area contributed by atoms with E-state index in [1.54, 1.807) is 5.01 Å². The molecule has 0 bridgehead atoms. The van der Waals surface area contributed by atoms with Crippen molar-refractivity contribution in [2.24, 2.45) is 10.1 Å². The van der Waals surface area contributed by atoms with Crippen LogP contribution in [0.1, 0.15) is 30.0 Å². The SMILES string of the molecule is CN(C)c1ccc(C2CC(c3ccccc3)=NN2C2=NC(=O)C(CC(=O)O)S2)cc1. The second kappa shape index (κ2) is 8.31. The highest BCUT2D eigenvalue weighted by molar-refractivity contribution is 8.15. The zero-order valence-electron chi connectivity index (χ0n) is 16.7. The van der Waals surface area contributed by atoms with Crippen LogP contribution in [0.4, 0.5) is 5.69 Å². The lowest BCUT2D eigenvalue weighted by Gasteiger charge is -2.23. The maximum atomic E-state index is 12.2. The Morgan fingerprint density at radius 3 is 2.50 bits per heavy atom. The molecule has 4 rings (SSSR count). The number of amides is 1. The number of aliphatic imine (C=N–C) groups is 1. The highest BCUT2D eigenvalue weighted by Gasteiger charge is 2.39. The van der Waals surface area contributed by atoms with Gasteiger partial charge in [0.25, 0.3) is 5.91 Å². The lowest BCUT2D eigenvalue weighted by molar-refractivity contribution is -0.138. The summed E-state index contributed by atoms with van der Waals surface area (Å²) >= 11 is 1.18. The molecule has 7 nitrogen and oxygen atoms in total. The van der Waals surface area contributed by atoms with Gasteiger partial charge in [-0.05, 0) is 23.3 Å². The van der Waals surface area contributed by atoms with E-state index in [4.69, 9.17) is 10.2 Å². The van der Waals surface area contributed by atoms with E-state index in [1.807, 2.05) is 49.3 Å². The van der Waals surface area contributed by atoms with Crippen LogP contribution in [0.2, 0.25) is 0 Å². The molecule has 0 saturated carbocycles.